The van der Waals surface area contributed by atoms with Crippen LogP contribution in [0.1, 0.15) is 12.7 Å². The van der Waals surface area contributed by atoms with Gasteiger partial charge in [-0.05, 0) is 6.92 Å². The molecule has 0 saturated carbocycles. The van der Waals surface area contributed by atoms with E-state index in [2.05, 4.69) is 15.3 Å². The molecule has 1 unspecified atom stereocenters. The summed E-state index contributed by atoms with van der Waals surface area (Å²) >= 11 is 0. The number of rotatable bonds is 4. The van der Waals surface area contributed by atoms with E-state index in [0.29, 0.717) is 13.0 Å². The summed E-state index contributed by atoms with van der Waals surface area (Å²) < 4.78 is 0. The fourth-order valence-corrected chi connectivity index (χ4v) is 0.951. The largest absolute Gasteiger partial charge is 0.355 e. The monoisotopic (exact) mass is 192 g/mol. The van der Waals surface area contributed by atoms with Crippen molar-refractivity contribution in [1.29, 1.82) is 5.26 Å². The van der Waals surface area contributed by atoms with Gasteiger partial charge in [-0.1, -0.05) is 0 Å². The average Bonchev–Trinajstić information content (AvgIpc) is 2.69. The summed E-state index contributed by atoms with van der Waals surface area (Å²) in [4.78, 5) is 18.1. The van der Waals surface area contributed by atoms with E-state index in [-0.39, 0.29) is 5.91 Å². The molecule has 0 fully saturated rings. The number of aromatic nitrogens is 2. The normalized spacial score (nSPS) is 11.7. The number of hydrogen-bond donors (Lipinski definition) is 2. The van der Waals surface area contributed by atoms with Gasteiger partial charge in [-0.2, -0.15) is 5.26 Å². The second-order valence-corrected chi connectivity index (χ2v) is 2.93. The molecule has 1 aromatic heterocycles. The predicted octanol–water partition coefficient (Wildman–Crippen LogP) is 0.228. The maximum atomic E-state index is 11.1. The van der Waals surface area contributed by atoms with Crippen LogP contribution in [0.25, 0.3) is 0 Å². The predicted molar refractivity (Wildman–Crippen MR) is 50.1 cm³/mol. The zero-order chi connectivity index (χ0) is 10.4. The lowest BCUT2D eigenvalue weighted by molar-refractivity contribution is -0.122. The van der Waals surface area contributed by atoms with E-state index in [0.717, 1.165) is 5.82 Å². The maximum absolute atomic E-state index is 11.1. The molecule has 0 radical (unpaired) electrons. The lowest BCUT2D eigenvalue weighted by Crippen LogP contribution is -2.30. The summed E-state index contributed by atoms with van der Waals surface area (Å²) in [5.74, 6) is 0.000526. The number of carbonyl (C=O) groups is 1. The van der Waals surface area contributed by atoms with Gasteiger partial charge in [0.25, 0.3) is 0 Å². The summed E-state index contributed by atoms with van der Waals surface area (Å²) in [5.41, 5.74) is 0. The highest BCUT2D eigenvalue weighted by Gasteiger charge is 2.10. The fraction of sp³-hybridized carbons (Fsp3) is 0.444. The molecule has 1 heterocycles. The van der Waals surface area contributed by atoms with Crippen molar-refractivity contribution >= 4 is 5.91 Å². The molecule has 1 atom stereocenters. The first-order valence-electron chi connectivity index (χ1n) is 4.39. The number of nitriles is 1. The van der Waals surface area contributed by atoms with Crippen LogP contribution in [0.3, 0.4) is 0 Å². The Hall–Kier alpha value is -1.83. The van der Waals surface area contributed by atoms with Gasteiger partial charge in [0.15, 0.2) is 0 Å². The van der Waals surface area contributed by atoms with Gasteiger partial charge in [-0.3, -0.25) is 4.79 Å². The Morgan fingerprint density at radius 3 is 3.21 bits per heavy atom. The molecular weight excluding hydrogens is 180 g/mol. The number of imidazole rings is 1. The molecular formula is C9H12N4O. The van der Waals surface area contributed by atoms with Crippen molar-refractivity contribution in [3.8, 4) is 6.07 Å². The van der Waals surface area contributed by atoms with Gasteiger partial charge in [0.1, 0.15) is 11.7 Å². The summed E-state index contributed by atoms with van der Waals surface area (Å²) in [7, 11) is 0. The van der Waals surface area contributed by atoms with Gasteiger partial charge in [0, 0.05) is 25.4 Å². The molecule has 5 heteroatoms. The Kier molecular flexibility index (Phi) is 3.68. The topological polar surface area (TPSA) is 81.6 Å². The van der Waals surface area contributed by atoms with Crippen molar-refractivity contribution < 1.29 is 4.79 Å². The number of H-pyrrole nitrogens is 1. The Labute approximate surface area is 82.2 Å². The molecule has 0 aliphatic rings. The van der Waals surface area contributed by atoms with Crippen molar-refractivity contribution in [3.05, 3.63) is 18.2 Å². The molecule has 14 heavy (non-hydrogen) atoms. The van der Waals surface area contributed by atoms with E-state index < -0.39 is 5.92 Å². The van der Waals surface area contributed by atoms with Crippen LogP contribution >= 0.6 is 0 Å². The second-order valence-electron chi connectivity index (χ2n) is 2.93. The van der Waals surface area contributed by atoms with E-state index in [4.69, 9.17) is 5.26 Å². The Balaban J connectivity index is 2.23. The molecule has 0 aliphatic carbocycles. The summed E-state index contributed by atoms with van der Waals surface area (Å²) in [5, 5.41) is 11.1. The molecule has 74 valence electrons. The third-order valence-electron chi connectivity index (χ3n) is 1.80. The smallest absolute Gasteiger partial charge is 0.237 e. The quantitative estimate of drug-likeness (QED) is 0.716. The van der Waals surface area contributed by atoms with Gasteiger partial charge >= 0.3 is 0 Å². The van der Waals surface area contributed by atoms with Gasteiger partial charge in [0.2, 0.25) is 5.91 Å². The minimum Gasteiger partial charge on any atom is -0.355 e. The Bertz CT molecular complexity index is 325. The summed E-state index contributed by atoms with van der Waals surface area (Å²) in [6.07, 6.45) is 4.04. The van der Waals surface area contributed by atoms with E-state index in [1.165, 1.54) is 0 Å². The molecule has 1 amide bonds. The van der Waals surface area contributed by atoms with Crippen LogP contribution in [0.4, 0.5) is 0 Å². The second kappa shape index (κ2) is 5.02. The minimum absolute atomic E-state index is 0.237. The molecule has 5 nitrogen and oxygen atoms in total. The summed E-state index contributed by atoms with van der Waals surface area (Å²) in [6, 6.07) is 1.87. The van der Waals surface area contributed by atoms with Gasteiger partial charge in [-0.25, -0.2) is 4.98 Å². The van der Waals surface area contributed by atoms with E-state index in [1.807, 2.05) is 6.07 Å². The van der Waals surface area contributed by atoms with Crippen LogP contribution in [0, 0.1) is 17.2 Å². The zero-order valence-electron chi connectivity index (χ0n) is 7.95. The molecule has 2 N–H and O–H groups in total. The number of carbonyl (C=O) groups excluding carboxylic acids is 1. The Morgan fingerprint density at radius 2 is 2.64 bits per heavy atom. The molecule has 0 saturated heterocycles. The van der Waals surface area contributed by atoms with Crippen LogP contribution in [0.15, 0.2) is 12.4 Å². The standard InChI is InChI=1S/C9H12N4O/c1-7(6-10)9(14)13-3-2-8-11-4-5-12-8/h4-5,7H,2-3H2,1H3,(H,11,12)(H,13,14). The molecule has 1 rings (SSSR count). The number of nitrogens with zero attached hydrogens (tertiary/aromatic N) is 2. The van der Waals surface area contributed by atoms with Gasteiger partial charge < -0.3 is 10.3 Å². The number of aromatic amines is 1. The highest BCUT2D eigenvalue weighted by atomic mass is 16.1. The average molecular weight is 192 g/mol. The van der Waals surface area contributed by atoms with Crippen molar-refractivity contribution in [3.63, 3.8) is 0 Å². The van der Waals surface area contributed by atoms with Crippen molar-refractivity contribution in [2.75, 3.05) is 6.54 Å². The first kappa shape index (κ1) is 10.3. The van der Waals surface area contributed by atoms with Crippen LogP contribution in [0.2, 0.25) is 0 Å². The fourth-order valence-electron chi connectivity index (χ4n) is 0.951. The number of amides is 1. The summed E-state index contributed by atoms with van der Waals surface area (Å²) in [6.45, 7) is 2.07. The molecule has 0 aromatic carbocycles. The van der Waals surface area contributed by atoms with Gasteiger partial charge in [0.05, 0.1) is 6.07 Å². The lowest BCUT2D eigenvalue weighted by atomic mass is 10.2. The SMILES string of the molecule is CC(C#N)C(=O)NCCc1ncc[nH]1. The number of nitrogens with one attached hydrogen (secondary N) is 2. The van der Waals surface area contributed by atoms with Crippen LogP contribution in [0.5, 0.6) is 0 Å². The van der Waals surface area contributed by atoms with Gasteiger partial charge in [-0.15, -0.1) is 0 Å². The molecule has 0 spiro atoms. The minimum atomic E-state index is -0.591. The third kappa shape index (κ3) is 2.90. The number of hydrogen-bond acceptors (Lipinski definition) is 3. The first-order valence-corrected chi connectivity index (χ1v) is 4.39. The van der Waals surface area contributed by atoms with Crippen molar-refractivity contribution in [2.24, 2.45) is 5.92 Å². The van der Waals surface area contributed by atoms with Crippen LogP contribution < -0.4 is 5.32 Å². The highest BCUT2D eigenvalue weighted by molar-refractivity contribution is 5.80. The van der Waals surface area contributed by atoms with E-state index in [9.17, 15) is 4.79 Å². The Morgan fingerprint density at radius 1 is 1.86 bits per heavy atom. The van der Waals surface area contributed by atoms with E-state index >= 15 is 0 Å². The molecule has 0 bridgehead atoms. The molecule has 1 aromatic rings. The van der Waals surface area contributed by atoms with Crippen molar-refractivity contribution in [2.45, 2.75) is 13.3 Å². The first-order chi connectivity index (χ1) is 6.74. The van der Waals surface area contributed by atoms with Crippen LogP contribution in [-0.4, -0.2) is 22.4 Å². The van der Waals surface area contributed by atoms with E-state index in [1.54, 1.807) is 19.3 Å². The van der Waals surface area contributed by atoms with Crippen LogP contribution in [-0.2, 0) is 11.2 Å². The molecule has 0 aliphatic heterocycles. The van der Waals surface area contributed by atoms with Crippen molar-refractivity contribution in [1.82, 2.24) is 15.3 Å². The third-order valence-corrected chi connectivity index (χ3v) is 1.80. The lowest BCUT2D eigenvalue weighted by Gasteiger charge is -2.04. The highest BCUT2D eigenvalue weighted by Crippen LogP contribution is 1.92. The zero-order valence-corrected chi connectivity index (χ0v) is 7.95. The maximum Gasteiger partial charge on any atom is 0.237 e.